The Balaban J connectivity index is 0.810. The van der Waals surface area contributed by atoms with Crippen LogP contribution in [0.5, 0.6) is 11.5 Å². The van der Waals surface area contributed by atoms with E-state index in [4.69, 9.17) is 9.73 Å². The van der Waals surface area contributed by atoms with E-state index in [1.807, 2.05) is 36.4 Å². The molecule has 7 heteroatoms. The van der Waals surface area contributed by atoms with Gasteiger partial charge in [-0.1, -0.05) is 109 Å². The first-order valence-corrected chi connectivity index (χ1v) is 20.1. The molecule has 0 radical (unpaired) electrons. The van der Waals surface area contributed by atoms with Crippen molar-refractivity contribution in [1.82, 2.24) is 10.3 Å². The van der Waals surface area contributed by atoms with Crippen molar-refractivity contribution in [1.29, 1.82) is 0 Å². The summed E-state index contributed by atoms with van der Waals surface area (Å²) in [6, 6.07) is 54.9. The summed E-state index contributed by atoms with van der Waals surface area (Å²) >= 11 is 0. The molecule has 2 atom stereocenters. The molecule has 0 saturated carbocycles. The molecule has 0 amide bonds. The van der Waals surface area contributed by atoms with Crippen LogP contribution in [0.4, 0.5) is 17.3 Å². The lowest BCUT2D eigenvalue weighted by Gasteiger charge is -2.32. The first-order chi connectivity index (χ1) is 29.0. The molecule has 3 N–H and O–H groups in total. The number of hydrogen-bond acceptors (Lipinski definition) is 5. The molecule has 7 nitrogen and oxygen atoms in total. The van der Waals surface area contributed by atoms with Crippen LogP contribution in [-0.4, -0.2) is 17.9 Å². The third-order valence-corrected chi connectivity index (χ3v) is 12.1. The Morgan fingerprint density at radius 3 is 2.20 bits per heavy atom. The number of aliphatic imine (C=N–C) groups is 1. The molecule has 59 heavy (non-hydrogen) atoms. The van der Waals surface area contributed by atoms with Crippen LogP contribution in [0.2, 0.25) is 0 Å². The van der Waals surface area contributed by atoms with Gasteiger partial charge < -0.3 is 10.1 Å². The Kier molecular flexibility index (Phi) is 8.24. The minimum atomic E-state index is -0.172. The van der Waals surface area contributed by atoms with Crippen LogP contribution >= 0.6 is 0 Å². The van der Waals surface area contributed by atoms with Crippen LogP contribution in [0.25, 0.3) is 38.6 Å². The van der Waals surface area contributed by atoms with Crippen LogP contribution in [0, 0.1) is 0 Å². The molecule has 2 aromatic heterocycles. The largest absolute Gasteiger partial charge is 0.457 e. The van der Waals surface area contributed by atoms with Gasteiger partial charge in [-0.05, 0) is 106 Å². The second-order valence-electron chi connectivity index (χ2n) is 15.7. The van der Waals surface area contributed by atoms with Gasteiger partial charge >= 0.3 is 0 Å². The zero-order valence-electron chi connectivity index (χ0n) is 32.8. The van der Waals surface area contributed by atoms with Crippen LogP contribution in [0.15, 0.2) is 181 Å². The van der Waals surface area contributed by atoms with Gasteiger partial charge in [0.05, 0.1) is 13.2 Å². The SMILES string of the molecule is CN(c1ccc(-c2ccccc2)c[nH+]1)C1NC2(C)CC=C(c3ccc(Oc4ccc(-c5ccc6c7c(cccc57)C(=Nc5ccccn5)N6)cc4)cc3)c3cccc1c32. The third-order valence-electron chi connectivity index (χ3n) is 12.1. The average molecular weight is 766 g/mol. The molecular weight excluding hydrogens is 725 g/mol. The fraction of sp³-hybridized carbons (Fsp3) is 0.0962. The Morgan fingerprint density at radius 1 is 0.695 bits per heavy atom. The molecule has 8 aromatic rings. The van der Waals surface area contributed by atoms with Crippen molar-refractivity contribution in [3.05, 3.63) is 204 Å². The normalized spacial score (nSPS) is 18.0. The lowest BCUT2D eigenvalue weighted by molar-refractivity contribution is -0.363. The topological polar surface area (TPSA) is 75.9 Å². The maximum atomic E-state index is 6.39. The minimum absolute atomic E-state index is 0.0301. The first-order valence-electron chi connectivity index (χ1n) is 20.1. The Morgan fingerprint density at radius 2 is 1.44 bits per heavy atom. The fourth-order valence-electron chi connectivity index (χ4n) is 9.15. The highest BCUT2D eigenvalue weighted by Gasteiger charge is 2.47. The zero-order chi connectivity index (χ0) is 39.5. The number of ether oxygens (including phenoxy) is 1. The van der Waals surface area contributed by atoms with Gasteiger partial charge in [0.25, 0.3) is 5.82 Å². The summed E-state index contributed by atoms with van der Waals surface area (Å²) in [7, 11) is 2.16. The zero-order valence-corrected chi connectivity index (χ0v) is 32.8. The number of nitrogens with zero attached hydrogens (tertiary/aromatic N) is 3. The van der Waals surface area contributed by atoms with Gasteiger partial charge in [0.1, 0.15) is 17.3 Å². The standard InChI is InChI=1S/C52H40N6O/c1-52-30-29-40(42-13-9-15-44(49(42)52)51(57-52)58(2)47-28-21-36(32-54-47)33-10-4-3-5-11-33)35-19-24-38(25-20-35)59-37-22-17-34(18-23-37)39-26-27-45-48-41(39)12-8-14-43(48)50(55-45)56-46-16-6-7-31-53-46/h3-29,31-32,51,57H,30H2,1-2H3,(H,53,55,56)/p+1. The van der Waals surface area contributed by atoms with Crippen molar-refractivity contribution in [3.63, 3.8) is 0 Å². The number of amidine groups is 1. The van der Waals surface area contributed by atoms with Gasteiger partial charge in [0.2, 0.25) is 0 Å². The highest BCUT2D eigenvalue weighted by atomic mass is 16.5. The van der Waals surface area contributed by atoms with E-state index in [2.05, 4.69) is 173 Å². The van der Waals surface area contributed by atoms with Crippen molar-refractivity contribution in [2.75, 3.05) is 17.3 Å². The second kappa shape index (κ2) is 13.9. The van der Waals surface area contributed by atoms with E-state index in [0.29, 0.717) is 5.82 Å². The number of H-pyrrole nitrogens is 1. The van der Waals surface area contributed by atoms with E-state index in [1.165, 1.54) is 49.7 Å². The molecular formula is C52H41N6O+. The predicted molar refractivity (Wildman–Crippen MR) is 238 cm³/mol. The Bertz CT molecular complexity index is 2940. The molecule has 284 valence electrons. The third kappa shape index (κ3) is 6.06. The molecule has 11 rings (SSSR count). The summed E-state index contributed by atoms with van der Waals surface area (Å²) in [6.07, 6.45) is 7.17. The van der Waals surface area contributed by atoms with Gasteiger partial charge in [-0.3, -0.25) is 5.32 Å². The summed E-state index contributed by atoms with van der Waals surface area (Å²) in [5, 5.41) is 9.85. The number of anilines is 2. The number of aromatic amines is 1. The maximum Gasteiger partial charge on any atom is 0.275 e. The smallest absolute Gasteiger partial charge is 0.275 e. The molecule has 0 spiro atoms. The van der Waals surface area contributed by atoms with Crippen molar-refractivity contribution in [2.24, 2.45) is 4.99 Å². The van der Waals surface area contributed by atoms with E-state index in [1.54, 1.807) is 6.20 Å². The summed E-state index contributed by atoms with van der Waals surface area (Å²) in [4.78, 5) is 15.1. The van der Waals surface area contributed by atoms with Crippen LogP contribution in [0.1, 0.15) is 47.3 Å². The van der Waals surface area contributed by atoms with Gasteiger partial charge in [-0.25, -0.2) is 19.9 Å². The summed E-state index contributed by atoms with van der Waals surface area (Å²) in [6.45, 7) is 2.33. The fourth-order valence-corrected chi connectivity index (χ4v) is 9.15. The average Bonchev–Trinajstić information content (AvgIpc) is 3.81. The second-order valence-corrected chi connectivity index (χ2v) is 15.7. The molecule has 0 bridgehead atoms. The Labute approximate surface area is 343 Å². The van der Waals surface area contributed by atoms with Crippen LogP contribution in [-0.2, 0) is 5.54 Å². The van der Waals surface area contributed by atoms with Crippen molar-refractivity contribution < 1.29 is 9.72 Å². The number of aromatic nitrogens is 2. The number of hydrogen-bond donors (Lipinski definition) is 2. The van der Waals surface area contributed by atoms with Gasteiger partial charge in [0.15, 0.2) is 12.0 Å². The van der Waals surface area contributed by atoms with E-state index < -0.39 is 0 Å². The number of nitrogens with one attached hydrogen (secondary N) is 3. The molecule has 4 heterocycles. The molecule has 1 aliphatic carbocycles. The summed E-state index contributed by atoms with van der Waals surface area (Å²) in [5.74, 6) is 4.15. The van der Waals surface area contributed by atoms with Crippen LogP contribution in [0.3, 0.4) is 0 Å². The van der Waals surface area contributed by atoms with E-state index in [9.17, 15) is 0 Å². The van der Waals surface area contributed by atoms with Crippen molar-refractivity contribution in [3.8, 4) is 33.8 Å². The molecule has 2 aliphatic heterocycles. The lowest BCUT2D eigenvalue weighted by Crippen LogP contribution is -2.42. The van der Waals surface area contributed by atoms with E-state index in [0.717, 1.165) is 52.0 Å². The van der Waals surface area contributed by atoms with Crippen molar-refractivity contribution >= 4 is 39.5 Å². The Hall–Kier alpha value is -7.35. The van der Waals surface area contributed by atoms with Gasteiger partial charge in [0, 0.05) is 45.6 Å². The van der Waals surface area contributed by atoms with E-state index >= 15 is 0 Å². The monoisotopic (exact) mass is 765 g/mol. The summed E-state index contributed by atoms with van der Waals surface area (Å²) in [5.41, 5.74) is 13.0. The van der Waals surface area contributed by atoms with Gasteiger partial charge in [-0.15, -0.1) is 0 Å². The van der Waals surface area contributed by atoms with E-state index in [-0.39, 0.29) is 11.7 Å². The first kappa shape index (κ1) is 34.9. The minimum Gasteiger partial charge on any atom is -0.457 e. The highest BCUT2D eigenvalue weighted by molar-refractivity contribution is 6.28. The number of pyridine rings is 2. The molecule has 6 aromatic carbocycles. The molecule has 0 saturated heterocycles. The number of rotatable bonds is 8. The lowest BCUT2D eigenvalue weighted by atomic mass is 9.77. The summed E-state index contributed by atoms with van der Waals surface area (Å²) < 4.78 is 6.39. The highest BCUT2D eigenvalue weighted by Crippen LogP contribution is 2.49. The van der Waals surface area contributed by atoms with Gasteiger partial charge in [-0.2, -0.15) is 0 Å². The number of benzene rings is 6. The molecule has 3 aliphatic rings. The molecule has 0 fully saturated rings. The van der Waals surface area contributed by atoms with Crippen molar-refractivity contribution in [2.45, 2.75) is 25.0 Å². The maximum absolute atomic E-state index is 6.39. The van der Waals surface area contributed by atoms with Crippen LogP contribution < -0.4 is 25.3 Å². The predicted octanol–water partition coefficient (Wildman–Crippen LogP) is 11.5. The molecule has 2 unspecified atom stereocenters. The quantitative estimate of drug-likeness (QED) is 0.161.